The van der Waals surface area contributed by atoms with E-state index in [0.29, 0.717) is 24.2 Å². The van der Waals surface area contributed by atoms with Crippen LogP contribution in [0.3, 0.4) is 0 Å². The van der Waals surface area contributed by atoms with Gasteiger partial charge in [0.2, 0.25) is 0 Å². The summed E-state index contributed by atoms with van der Waals surface area (Å²) < 4.78 is 0. The highest BCUT2D eigenvalue weighted by Crippen LogP contribution is 2.05. The first-order valence-electron chi connectivity index (χ1n) is 7.35. The van der Waals surface area contributed by atoms with Crippen LogP contribution in [0.5, 0.6) is 0 Å². The van der Waals surface area contributed by atoms with Gasteiger partial charge < -0.3 is 15.5 Å². The van der Waals surface area contributed by atoms with Crippen molar-refractivity contribution in [3.63, 3.8) is 0 Å². The number of amides is 2. The first-order valence-corrected chi connectivity index (χ1v) is 7.35. The van der Waals surface area contributed by atoms with E-state index >= 15 is 0 Å². The molecule has 2 amide bonds. The maximum absolute atomic E-state index is 12.0. The van der Waals surface area contributed by atoms with Crippen molar-refractivity contribution < 1.29 is 9.59 Å². The Bertz CT molecular complexity index is 472. The molecule has 0 radical (unpaired) electrons. The van der Waals surface area contributed by atoms with Crippen molar-refractivity contribution in [1.82, 2.24) is 15.5 Å². The van der Waals surface area contributed by atoms with Crippen LogP contribution in [-0.4, -0.2) is 50.4 Å². The summed E-state index contributed by atoms with van der Waals surface area (Å²) in [5.41, 5.74) is 1.04. The van der Waals surface area contributed by atoms with Crippen LogP contribution in [0, 0.1) is 0 Å². The second-order valence-corrected chi connectivity index (χ2v) is 5.25. The number of benzene rings is 1. The number of carbonyl (C=O) groups excluding carboxylic acids is 2. The Morgan fingerprint density at radius 1 is 1.05 bits per heavy atom. The van der Waals surface area contributed by atoms with E-state index in [2.05, 4.69) is 15.5 Å². The van der Waals surface area contributed by atoms with Gasteiger partial charge >= 0.3 is 0 Å². The molecule has 0 saturated carbocycles. The minimum atomic E-state index is -0.140. The van der Waals surface area contributed by atoms with Gasteiger partial charge in [-0.2, -0.15) is 0 Å². The van der Waals surface area contributed by atoms with Crippen molar-refractivity contribution in [2.75, 3.05) is 33.7 Å². The van der Waals surface area contributed by atoms with E-state index in [1.807, 2.05) is 21.0 Å². The second-order valence-electron chi connectivity index (χ2n) is 5.25. The Labute approximate surface area is 126 Å². The van der Waals surface area contributed by atoms with Crippen molar-refractivity contribution in [2.45, 2.75) is 19.8 Å². The molecule has 0 aliphatic rings. The summed E-state index contributed by atoms with van der Waals surface area (Å²) in [5.74, 6) is -0.280. The first-order chi connectivity index (χ1) is 10.0. The molecule has 21 heavy (non-hydrogen) atoms. The largest absolute Gasteiger partial charge is 0.352 e. The van der Waals surface area contributed by atoms with Crippen molar-refractivity contribution in [3.8, 4) is 0 Å². The molecule has 0 atom stereocenters. The third kappa shape index (κ3) is 6.40. The van der Waals surface area contributed by atoms with E-state index in [4.69, 9.17) is 0 Å². The summed E-state index contributed by atoms with van der Waals surface area (Å²) in [7, 11) is 4.00. The number of hydrogen-bond donors (Lipinski definition) is 2. The van der Waals surface area contributed by atoms with E-state index in [0.717, 1.165) is 19.4 Å². The van der Waals surface area contributed by atoms with Crippen molar-refractivity contribution in [2.24, 2.45) is 0 Å². The van der Waals surface area contributed by atoms with Crippen LogP contribution >= 0.6 is 0 Å². The normalized spacial score (nSPS) is 10.5. The molecule has 0 heterocycles. The van der Waals surface area contributed by atoms with Gasteiger partial charge in [-0.15, -0.1) is 0 Å². The van der Waals surface area contributed by atoms with Crippen LogP contribution in [0.15, 0.2) is 24.3 Å². The van der Waals surface area contributed by atoms with Crippen LogP contribution in [0.4, 0.5) is 0 Å². The minimum absolute atomic E-state index is 0.140. The molecule has 5 nitrogen and oxygen atoms in total. The Kier molecular flexibility index (Phi) is 7.46. The standard InChI is InChI=1S/C16H25N3O2/c1-4-9-17-15(20)13-7-5-8-14(12-13)16(21)18-10-6-11-19(2)3/h5,7-8,12H,4,6,9-11H2,1-3H3,(H,17,20)(H,18,21). The molecule has 0 spiro atoms. The van der Waals surface area contributed by atoms with Gasteiger partial charge in [0, 0.05) is 24.2 Å². The molecule has 0 bridgehead atoms. The molecule has 1 aromatic carbocycles. The SMILES string of the molecule is CCCNC(=O)c1cccc(C(=O)NCCCN(C)C)c1. The molecule has 0 aromatic heterocycles. The Balaban J connectivity index is 2.54. The lowest BCUT2D eigenvalue weighted by Gasteiger charge is -2.10. The predicted molar refractivity (Wildman–Crippen MR) is 84.6 cm³/mol. The molecule has 1 rings (SSSR count). The van der Waals surface area contributed by atoms with Crippen molar-refractivity contribution in [1.29, 1.82) is 0 Å². The zero-order chi connectivity index (χ0) is 15.7. The Morgan fingerprint density at radius 2 is 1.62 bits per heavy atom. The fourth-order valence-electron chi connectivity index (χ4n) is 1.84. The highest BCUT2D eigenvalue weighted by atomic mass is 16.2. The maximum Gasteiger partial charge on any atom is 0.251 e. The highest BCUT2D eigenvalue weighted by molar-refractivity contribution is 5.99. The summed E-state index contributed by atoms with van der Waals surface area (Å²) in [6.45, 7) is 4.20. The molecule has 116 valence electrons. The Hall–Kier alpha value is -1.88. The van der Waals surface area contributed by atoms with Crippen molar-refractivity contribution >= 4 is 11.8 Å². The van der Waals surface area contributed by atoms with E-state index < -0.39 is 0 Å². The molecular weight excluding hydrogens is 266 g/mol. The van der Waals surface area contributed by atoms with Gasteiger partial charge in [0.25, 0.3) is 11.8 Å². The van der Waals surface area contributed by atoms with Crippen LogP contribution in [0.25, 0.3) is 0 Å². The monoisotopic (exact) mass is 291 g/mol. The summed E-state index contributed by atoms with van der Waals surface area (Å²) in [6, 6.07) is 6.80. The van der Waals surface area contributed by atoms with E-state index in [-0.39, 0.29) is 11.8 Å². The quantitative estimate of drug-likeness (QED) is 0.714. The van der Waals surface area contributed by atoms with Gasteiger partial charge in [-0.25, -0.2) is 0 Å². The zero-order valence-corrected chi connectivity index (χ0v) is 13.1. The zero-order valence-electron chi connectivity index (χ0n) is 13.1. The van der Waals surface area contributed by atoms with E-state index in [9.17, 15) is 9.59 Å². The fourth-order valence-corrected chi connectivity index (χ4v) is 1.84. The smallest absolute Gasteiger partial charge is 0.251 e. The number of nitrogens with one attached hydrogen (secondary N) is 2. The third-order valence-corrected chi connectivity index (χ3v) is 2.99. The number of nitrogens with zero attached hydrogens (tertiary/aromatic N) is 1. The average Bonchev–Trinajstić information content (AvgIpc) is 2.48. The molecule has 0 aliphatic heterocycles. The van der Waals surface area contributed by atoms with E-state index in [1.54, 1.807) is 24.3 Å². The number of carbonyl (C=O) groups is 2. The van der Waals surface area contributed by atoms with Gasteiger partial charge in [0.15, 0.2) is 0 Å². The molecule has 0 saturated heterocycles. The molecule has 2 N–H and O–H groups in total. The third-order valence-electron chi connectivity index (χ3n) is 2.99. The molecule has 0 unspecified atom stereocenters. The van der Waals surface area contributed by atoms with Crippen molar-refractivity contribution in [3.05, 3.63) is 35.4 Å². The molecule has 1 aromatic rings. The lowest BCUT2D eigenvalue weighted by atomic mass is 10.1. The lowest BCUT2D eigenvalue weighted by Crippen LogP contribution is -2.28. The second kappa shape index (κ2) is 9.13. The van der Waals surface area contributed by atoms with Gasteiger partial charge in [-0.05, 0) is 51.7 Å². The van der Waals surface area contributed by atoms with E-state index in [1.165, 1.54) is 0 Å². The summed E-state index contributed by atoms with van der Waals surface area (Å²) in [4.78, 5) is 26.0. The molecular formula is C16H25N3O2. The Morgan fingerprint density at radius 3 is 2.14 bits per heavy atom. The summed E-state index contributed by atoms with van der Waals surface area (Å²) >= 11 is 0. The van der Waals surface area contributed by atoms with Gasteiger partial charge in [-0.1, -0.05) is 13.0 Å². The van der Waals surface area contributed by atoms with Crippen LogP contribution in [-0.2, 0) is 0 Å². The first kappa shape index (κ1) is 17.2. The lowest BCUT2D eigenvalue weighted by molar-refractivity contribution is 0.0952. The van der Waals surface area contributed by atoms with Gasteiger partial charge in [0.1, 0.15) is 0 Å². The molecule has 0 fully saturated rings. The molecule has 0 aliphatic carbocycles. The van der Waals surface area contributed by atoms with Gasteiger partial charge in [0.05, 0.1) is 0 Å². The van der Waals surface area contributed by atoms with Crippen LogP contribution < -0.4 is 10.6 Å². The minimum Gasteiger partial charge on any atom is -0.352 e. The number of rotatable bonds is 8. The number of hydrogen-bond acceptors (Lipinski definition) is 3. The van der Waals surface area contributed by atoms with Crippen LogP contribution in [0.2, 0.25) is 0 Å². The summed E-state index contributed by atoms with van der Waals surface area (Å²) in [5, 5.41) is 5.67. The van der Waals surface area contributed by atoms with Crippen LogP contribution in [0.1, 0.15) is 40.5 Å². The molecule has 5 heteroatoms. The summed E-state index contributed by atoms with van der Waals surface area (Å²) in [6.07, 6.45) is 1.78. The average molecular weight is 291 g/mol. The maximum atomic E-state index is 12.0. The predicted octanol–water partition coefficient (Wildman–Crippen LogP) is 1.51. The van der Waals surface area contributed by atoms with Gasteiger partial charge in [-0.3, -0.25) is 9.59 Å². The highest BCUT2D eigenvalue weighted by Gasteiger charge is 2.09. The topological polar surface area (TPSA) is 61.4 Å². The fraction of sp³-hybridized carbons (Fsp3) is 0.500.